The third-order valence-electron chi connectivity index (χ3n) is 2.14. The van der Waals surface area contributed by atoms with Gasteiger partial charge in [0.15, 0.2) is 11.5 Å². The minimum Gasteiger partial charge on any atom is -0.485 e. The molecule has 0 bridgehead atoms. The van der Waals surface area contributed by atoms with Crippen molar-refractivity contribution in [3.05, 3.63) is 24.3 Å². The van der Waals surface area contributed by atoms with E-state index in [1.54, 1.807) is 18.2 Å². The number of rotatable bonds is 1. The van der Waals surface area contributed by atoms with Crippen molar-refractivity contribution < 1.29 is 19.4 Å². The maximum atomic E-state index is 10.9. The molecule has 0 saturated carbocycles. The Bertz CT molecular complexity index is 374. The molecule has 74 valence electrons. The van der Waals surface area contributed by atoms with Crippen LogP contribution in [0.25, 0.3) is 0 Å². The van der Waals surface area contributed by atoms with E-state index in [1.807, 2.05) is 6.07 Å². The second-order valence-corrected chi connectivity index (χ2v) is 3.37. The van der Waals surface area contributed by atoms with Gasteiger partial charge in [-0.3, -0.25) is 0 Å². The first-order valence-electron chi connectivity index (χ1n) is 4.26. The first kappa shape index (κ1) is 8.87. The van der Waals surface area contributed by atoms with Crippen LogP contribution in [0.3, 0.4) is 0 Å². The average molecular weight is 194 g/mol. The highest BCUT2D eigenvalue weighted by Gasteiger charge is 2.40. The number of para-hydroxylation sites is 2. The van der Waals surface area contributed by atoms with E-state index in [-0.39, 0.29) is 6.61 Å². The van der Waals surface area contributed by atoms with Crippen LogP contribution in [0.5, 0.6) is 11.5 Å². The molecule has 1 aliphatic rings. The van der Waals surface area contributed by atoms with E-state index in [0.717, 1.165) is 0 Å². The van der Waals surface area contributed by atoms with E-state index < -0.39 is 11.6 Å². The maximum absolute atomic E-state index is 10.9. The van der Waals surface area contributed by atoms with Gasteiger partial charge in [-0.25, -0.2) is 4.79 Å². The molecule has 1 atom stereocenters. The summed E-state index contributed by atoms with van der Waals surface area (Å²) in [5.74, 6) is 0.0434. The van der Waals surface area contributed by atoms with Crippen molar-refractivity contribution in [2.75, 3.05) is 6.61 Å². The zero-order chi connectivity index (χ0) is 10.2. The smallest absolute Gasteiger partial charge is 0.351 e. The van der Waals surface area contributed by atoms with Gasteiger partial charge in [-0.05, 0) is 19.1 Å². The van der Waals surface area contributed by atoms with Gasteiger partial charge < -0.3 is 14.6 Å². The SMILES string of the molecule is C[C@]1(C(=O)O)COc2ccccc2O1. The highest BCUT2D eigenvalue weighted by atomic mass is 16.6. The lowest BCUT2D eigenvalue weighted by Crippen LogP contribution is -2.49. The largest absolute Gasteiger partial charge is 0.485 e. The van der Waals surface area contributed by atoms with Crippen molar-refractivity contribution in [3.8, 4) is 11.5 Å². The topological polar surface area (TPSA) is 55.8 Å². The van der Waals surface area contributed by atoms with Crippen molar-refractivity contribution >= 4 is 5.97 Å². The molecular weight excluding hydrogens is 184 g/mol. The predicted molar refractivity (Wildman–Crippen MR) is 48.6 cm³/mol. The number of fused-ring (bicyclic) bond motifs is 1. The van der Waals surface area contributed by atoms with Crippen LogP contribution in [0.2, 0.25) is 0 Å². The van der Waals surface area contributed by atoms with Crippen LogP contribution in [0.1, 0.15) is 6.92 Å². The normalized spacial score (nSPS) is 24.4. The second-order valence-electron chi connectivity index (χ2n) is 3.37. The molecule has 0 fully saturated rings. The van der Waals surface area contributed by atoms with Gasteiger partial charge in [0.05, 0.1) is 0 Å². The Labute approximate surface area is 81.1 Å². The Balaban J connectivity index is 2.34. The van der Waals surface area contributed by atoms with E-state index in [1.165, 1.54) is 6.92 Å². The second kappa shape index (κ2) is 2.90. The zero-order valence-electron chi connectivity index (χ0n) is 7.69. The number of ether oxygens (including phenoxy) is 2. The highest BCUT2D eigenvalue weighted by Crippen LogP contribution is 2.34. The number of carboxylic acids is 1. The van der Waals surface area contributed by atoms with Crippen molar-refractivity contribution in [1.82, 2.24) is 0 Å². The summed E-state index contributed by atoms with van der Waals surface area (Å²) in [7, 11) is 0. The fraction of sp³-hybridized carbons (Fsp3) is 0.300. The molecule has 1 aliphatic heterocycles. The summed E-state index contributed by atoms with van der Waals surface area (Å²) in [5.41, 5.74) is -1.28. The monoisotopic (exact) mass is 194 g/mol. The number of benzene rings is 1. The standard InChI is InChI=1S/C10H10O4/c1-10(9(11)12)6-13-7-4-2-3-5-8(7)14-10/h2-5H,6H2,1H3,(H,11,12)/t10-/m1/s1. The predicted octanol–water partition coefficient (Wildman–Crippen LogP) is 1.30. The summed E-state index contributed by atoms with van der Waals surface area (Å²) < 4.78 is 10.7. The van der Waals surface area contributed by atoms with Crippen LogP contribution in [-0.4, -0.2) is 23.3 Å². The molecule has 0 spiro atoms. The van der Waals surface area contributed by atoms with Crippen molar-refractivity contribution in [2.45, 2.75) is 12.5 Å². The fourth-order valence-electron chi connectivity index (χ4n) is 1.25. The molecule has 4 heteroatoms. The minimum absolute atomic E-state index is 0.0271. The summed E-state index contributed by atoms with van der Waals surface area (Å²) in [6.07, 6.45) is 0. The van der Waals surface area contributed by atoms with Gasteiger partial charge in [-0.15, -0.1) is 0 Å². The molecule has 0 aromatic heterocycles. The van der Waals surface area contributed by atoms with E-state index in [2.05, 4.69) is 0 Å². The van der Waals surface area contributed by atoms with Crippen molar-refractivity contribution in [2.24, 2.45) is 0 Å². The summed E-state index contributed by atoms with van der Waals surface area (Å²) in [4.78, 5) is 10.9. The summed E-state index contributed by atoms with van der Waals surface area (Å²) in [5, 5.41) is 8.92. The third kappa shape index (κ3) is 1.28. The van der Waals surface area contributed by atoms with Crippen LogP contribution >= 0.6 is 0 Å². The van der Waals surface area contributed by atoms with E-state index in [0.29, 0.717) is 11.5 Å². The lowest BCUT2D eigenvalue weighted by Gasteiger charge is -2.31. The first-order valence-corrected chi connectivity index (χ1v) is 4.26. The molecule has 1 N–H and O–H groups in total. The Kier molecular flexibility index (Phi) is 1.84. The summed E-state index contributed by atoms with van der Waals surface area (Å²) in [6, 6.07) is 7.02. The zero-order valence-corrected chi connectivity index (χ0v) is 7.69. The molecule has 0 amide bonds. The van der Waals surface area contributed by atoms with Gasteiger partial charge in [0.2, 0.25) is 5.60 Å². The van der Waals surface area contributed by atoms with Gasteiger partial charge >= 0.3 is 5.97 Å². The first-order chi connectivity index (χ1) is 6.62. The van der Waals surface area contributed by atoms with Gasteiger partial charge in [-0.1, -0.05) is 12.1 Å². The summed E-state index contributed by atoms with van der Waals surface area (Å²) >= 11 is 0. The van der Waals surface area contributed by atoms with Crippen LogP contribution < -0.4 is 9.47 Å². The molecule has 1 heterocycles. The molecule has 0 unspecified atom stereocenters. The number of aliphatic carboxylic acids is 1. The van der Waals surface area contributed by atoms with Gasteiger partial charge in [0.25, 0.3) is 0 Å². The van der Waals surface area contributed by atoms with Crippen LogP contribution in [-0.2, 0) is 4.79 Å². The molecule has 1 aromatic carbocycles. The Hall–Kier alpha value is -1.71. The minimum atomic E-state index is -1.28. The molecule has 14 heavy (non-hydrogen) atoms. The van der Waals surface area contributed by atoms with Crippen molar-refractivity contribution in [3.63, 3.8) is 0 Å². The Morgan fingerprint density at radius 3 is 2.71 bits per heavy atom. The van der Waals surface area contributed by atoms with Crippen LogP contribution in [0.15, 0.2) is 24.3 Å². The van der Waals surface area contributed by atoms with E-state index in [4.69, 9.17) is 14.6 Å². The van der Waals surface area contributed by atoms with Gasteiger partial charge in [-0.2, -0.15) is 0 Å². The molecule has 4 nitrogen and oxygen atoms in total. The van der Waals surface area contributed by atoms with Gasteiger partial charge in [0, 0.05) is 0 Å². The Morgan fingerprint density at radius 2 is 2.07 bits per heavy atom. The molecule has 0 aliphatic carbocycles. The van der Waals surface area contributed by atoms with E-state index >= 15 is 0 Å². The fourth-order valence-corrected chi connectivity index (χ4v) is 1.25. The molecule has 2 rings (SSSR count). The number of carbonyl (C=O) groups is 1. The average Bonchev–Trinajstić information content (AvgIpc) is 2.17. The third-order valence-corrected chi connectivity index (χ3v) is 2.14. The number of hydrogen-bond donors (Lipinski definition) is 1. The van der Waals surface area contributed by atoms with Crippen LogP contribution in [0, 0.1) is 0 Å². The molecule has 0 saturated heterocycles. The summed E-state index contributed by atoms with van der Waals surface area (Å²) in [6.45, 7) is 1.52. The number of carboxylic acid groups (broad SMARTS) is 1. The van der Waals surface area contributed by atoms with E-state index in [9.17, 15) is 4.79 Å². The lowest BCUT2D eigenvalue weighted by atomic mass is 10.1. The maximum Gasteiger partial charge on any atom is 0.351 e. The highest BCUT2D eigenvalue weighted by molar-refractivity contribution is 5.78. The van der Waals surface area contributed by atoms with Crippen LogP contribution in [0.4, 0.5) is 0 Å². The molecule has 1 aromatic rings. The Morgan fingerprint density at radius 1 is 1.43 bits per heavy atom. The quantitative estimate of drug-likeness (QED) is 0.732. The molecular formula is C10H10O4. The number of hydrogen-bond acceptors (Lipinski definition) is 3. The molecule has 0 radical (unpaired) electrons. The van der Waals surface area contributed by atoms with Crippen molar-refractivity contribution in [1.29, 1.82) is 0 Å². The lowest BCUT2D eigenvalue weighted by molar-refractivity contribution is -0.158. The van der Waals surface area contributed by atoms with Gasteiger partial charge in [0.1, 0.15) is 6.61 Å².